The number of amides is 2. The number of halogens is 1. The highest BCUT2D eigenvalue weighted by atomic mass is 35.5. The van der Waals surface area contributed by atoms with E-state index in [0.29, 0.717) is 23.6 Å². The van der Waals surface area contributed by atoms with Crippen LogP contribution in [0.5, 0.6) is 0 Å². The molecule has 2 amide bonds. The summed E-state index contributed by atoms with van der Waals surface area (Å²) in [4.78, 5) is 24.2. The monoisotopic (exact) mass is 325 g/mol. The highest BCUT2D eigenvalue weighted by molar-refractivity contribution is 6.30. The number of benzene rings is 1. The molecule has 0 aliphatic carbocycles. The molecule has 1 aliphatic heterocycles. The molecule has 3 N–H and O–H groups in total. The van der Waals surface area contributed by atoms with E-state index in [2.05, 4.69) is 16.0 Å². The van der Waals surface area contributed by atoms with Crippen LogP contribution in [0.1, 0.15) is 12.8 Å². The van der Waals surface area contributed by atoms with Crippen molar-refractivity contribution in [2.45, 2.75) is 18.4 Å². The summed E-state index contributed by atoms with van der Waals surface area (Å²) >= 11 is 5.78. The van der Waals surface area contributed by atoms with Gasteiger partial charge in [-0.05, 0) is 50.2 Å². The van der Waals surface area contributed by atoms with Crippen LogP contribution in [0.4, 0.5) is 5.69 Å². The molecule has 0 bridgehead atoms. The minimum atomic E-state index is -0.841. The van der Waals surface area contributed by atoms with Crippen LogP contribution < -0.4 is 16.0 Å². The van der Waals surface area contributed by atoms with Gasteiger partial charge in [0, 0.05) is 17.8 Å². The minimum absolute atomic E-state index is 0.0972. The van der Waals surface area contributed by atoms with Crippen molar-refractivity contribution in [3.63, 3.8) is 0 Å². The van der Waals surface area contributed by atoms with Crippen molar-refractivity contribution in [3.8, 4) is 0 Å². The van der Waals surface area contributed by atoms with Gasteiger partial charge < -0.3 is 20.7 Å². The zero-order chi connectivity index (χ0) is 16.0. The zero-order valence-electron chi connectivity index (χ0n) is 12.4. The Morgan fingerprint density at radius 1 is 1.27 bits per heavy atom. The van der Waals surface area contributed by atoms with Crippen LogP contribution in [0.2, 0.25) is 5.02 Å². The number of carbonyl (C=O) groups is 2. The van der Waals surface area contributed by atoms with Crippen molar-refractivity contribution in [2.24, 2.45) is 0 Å². The molecule has 0 saturated carbocycles. The van der Waals surface area contributed by atoms with E-state index in [9.17, 15) is 9.59 Å². The van der Waals surface area contributed by atoms with Crippen molar-refractivity contribution in [1.29, 1.82) is 0 Å². The number of anilines is 1. The molecular formula is C15H20ClN3O3. The van der Waals surface area contributed by atoms with Gasteiger partial charge in [-0.15, -0.1) is 0 Å². The third-order valence-electron chi connectivity index (χ3n) is 3.75. The van der Waals surface area contributed by atoms with E-state index in [1.165, 1.54) is 7.11 Å². The zero-order valence-corrected chi connectivity index (χ0v) is 13.2. The Kier molecular flexibility index (Phi) is 5.76. The summed E-state index contributed by atoms with van der Waals surface area (Å²) in [5, 5.41) is 9.12. The molecule has 0 aromatic heterocycles. The van der Waals surface area contributed by atoms with E-state index in [4.69, 9.17) is 16.3 Å². The van der Waals surface area contributed by atoms with Gasteiger partial charge in [-0.1, -0.05) is 11.6 Å². The van der Waals surface area contributed by atoms with Crippen LogP contribution in [-0.4, -0.2) is 44.2 Å². The average Bonchev–Trinajstić information content (AvgIpc) is 2.55. The number of hydrogen-bond donors (Lipinski definition) is 3. The predicted molar refractivity (Wildman–Crippen MR) is 84.9 cm³/mol. The second-order valence-electron chi connectivity index (χ2n) is 5.19. The number of piperidine rings is 1. The van der Waals surface area contributed by atoms with E-state index in [0.717, 1.165) is 13.1 Å². The lowest BCUT2D eigenvalue weighted by molar-refractivity contribution is -0.147. The minimum Gasteiger partial charge on any atom is -0.368 e. The van der Waals surface area contributed by atoms with Gasteiger partial charge in [-0.3, -0.25) is 9.59 Å². The van der Waals surface area contributed by atoms with Crippen LogP contribution in [0.25, 0.3) is 0 Å². The maximum absolute atomic E-state index is 12.3. The van der Waals surface area contributed by atoms with Crippen molar-refractivity contribution in [3.05, 3.63) is 29.3 Å². The first-order chi connectivity index (χ1) is 10.6. The number of hydrogen-bond acceptors (Lipinski definition) is 4. The highest BCUT2D eigenvalue weighted by Gasteiger charge is 2.39. The van der Waals surface area contributed by atoms with Crippen LogP contribution >= 0.6 is 11.6 Å². The van der Waals surface area contributed by atoms with E-state index >= 15 is 0 Å². The van der Waals surface area contributed by atoms with Gasteiger partial charge in [0.05, 0.1) is 6.54 Å². The number of methoxy groups -OCH3 is 1. The lowest BCUT2D eigenvalue weighted by Crippen LogP contribution is -2.55. The fourth-order valence-electron chi connectivity index (χ4n) is 2.41. The molecule has 0 unspecified atom stereocenters. The third kappa shape index (κ3) is 4.19. The number of carbonyl (C=O) groups excluding carboxylic acids is 2. The first kappa shape index (κ1) is 16.7. The molecule has 2 rings (SSSR count). The molecule has 1 heterocycles. The molecule has 120 valence electrons. The molecule has 0 spiro atoms. The standard InChI is InChI=1S/C15H20ClN3O3/c1-22-15(6-8-17-9-7-15)14(21)18-10-13(20)19-12-4-2-11(16)3-5-12/h2-5,17H,6-10H2,1H3,(H,18,21)(H,19,20). The lowest BCUT2D eigenvalue weighted by atomic mass is 9.91. The summed E-state index contributed by atoms with van der Waals surface area (Å²) in [5.41, 5.74) is -0.210. The summed E-state index contributed by atoms with van der Waals surface area (Å²) in [6.07, 6.45) is 1.18. The molecular weight excluding hydrogens is 306 g/mol. The van der Waals surface area contributed by atoms with Gasteiger partial charge in [0.25, 0.3) is 5.91 Å². The molecule has 1 aromatic rings. The van der Waals surface area contributed by atoms with Crippen molar-refractivity contribution in [1.82, 2.24) is 10.6 Å². The smallest absolute Gasteiger partial charge is 0.252 e. The topological polar surface area (TPSA) is 79.5 Å². The van der Waals surface area contributed by atoms with Crippen molar-refractivity contribution < 1.29 is 14.3 Å². The number of ether oxygens (including phenoxy) is 1. The first-order valence-corrected chi connectivity index (χ1v) is 7.53. The fraction of sp³-hybridized carbons (Fsp3) is 0.467. The maximum atomic E-state index is 12.3. The van der Waals surface area contributed by atoms with Gasteiger partial charge in [-0.25, -0.2) is 0 Å². The Labute approximate surface area is 134 Å². The number of nitrogens with one attached hydrogen (secondary N) is 3. The summed E-state index contributed by atoms with van der Waals surface area (Å²) in [5.74, 6) is -0.543. The number of rotatable bonds is 5. The van der Waals surface area contributed by atoms with E-state index in [1.807, 2.05) is 0 Å². The maximum Gasteiger partial charge on any atom is 0.252 e. The third-order valence-corrected chi connectivity index (χ3v) is 4.01. The second-order valence-corrected chi connectivity index (χ2v) is 5.62. The largest absolute Gasteiger partial charge is 0.368 e. The molecule has 1 aliphatic rings. The Morgan fingerprint density at radius 2 is 1.91 bits per heavy atom. The summed E-state index contributed by atoms with van der Waals surface area (Å²) in [6.45, 7) is 1.34. The van der Waals surface area contributed by atoms with E-state index < -0.39 is 5.60 Å². The van der Waals surface area contributed by atoms with Gasteiger partial charge in [0.2, 0.25) is 5.91 Å². The van der Waals surface area contributed by atoms with E-state index in [1.54, 1.807) is 24.3 Å². The molecule has 0 atom stereocenters. The Morgan fingerprint density at radius 3 is 2.50 bits per heavy atom. The highest BCUT2D eigenvalue weighted by Crippen LogP contribution is 2.22. The quantitative estimate of drug-likeness (QED) is 0.759. The lowest BCUT2D eigenvalue weighted by Gasteiger charge is -2.34. The average molecular weight is 326 g/mol. The van der Waals surface area contributed by atoms with E-state index in [-0.39, 0.29) is 18.4 Å². The van der Waals surface area contributed by atoms with Gasteiger partial charge in [-0.2, -0.15) is 0 Å². The van der Waals surface area contributed by atoms with Crippen molar-refractivity contribution >= 4 is 29.1 Å². The fourth-order valence-corrected chi connectivity index (χ4v) is 2.54. The molecule has 0 radical (unpaired) electrons. The van der Waals surface area contributed by atoms with Crippen molar-refractivity contribution in [2.75, 3.05) is 32.1 Å². The van der Waals surface area contributed by atoms with Gasteiger partial charge >= 0.3 is 0 Å². The molecule has 1 saturated heterocycles. The van der Waals surface area contributed by atoms with Crippen LogP contribution in [0, 0.1) is 0 Å². The Hall–Kier alpha value is -1.63. The summed E-state index contributed by atoms with van der Waals surface area (Å²) in [7, 11) is 1.53. The predicted octanol–water partition coefficient (Wildman–Crippen LogP) is 1.16. The normalized spacial score (nSPS) is 16.8. The second kappa shape index (κ2) is 7.58. The summed E-state index contributed by atoms with van der Waals surface area (Å²) in [6, 6.07) is 6.77. The SMILES string of the molecule is COC1(C(=O)NCC(=O)Nc2ccc(Cl)cc2)CCNCC1. The van der Waals surface area contributed by atoms with Gasteiger partial charge in [0.15, 0.2) is 0 Å². The molecule has 1 aromatic carbocycles. The van der Waals surface area contributed by atoms with Crippen LogP contribution in [0.3, 0.4) is 0 Å². The summed E-state index contributed by atoms with van der Waals surface area (Å²) < 4.78 is 5.41. The molecule has 7 heteroatoms. The molecule has 22 heavy (non-hydrogen) atoms. The van der Waals surface area contributed by atoms with Gasteiger partial charge in [0.1, 0.15) is 5.60 Å². The molecule has 6 nitrogen and oxygen atoms in total. The first-order valence-electron chi connectivity index (χ1n) is 7.15. The van der Waals surface area contributed by atoms with Crippen LogP contribution in [-0.2, 0) is 14.3 Å². The molecule has 1 fully saturated rings. The Balaban J connectivity index is 1.84. The van der Waals surface area contributed by atoms with Crippen LogP contribution in [0.15, 0.2) is 24.3 Å². The Bertz CT molecular complexity index is 527.